The summed E-state index contributed by atoms with van der Waals surface area (Å²) < 4.78 is 37.0. The highest BCUT2D eigenvalue weighted by molar-refractivity contribution is 7.89. The van der Waals surface area contributed by atoms with E-state index in [1.165, 1.54) is 12.1 Å². The van der Waals surface area contributed by atoms with Gasteiger partial charge in [-0.3, -0.25) is 0 Å². The van der Waals surface area contributed by atoms with Crippen LogP contribution in [0.25, 0.3) is 0 Å². The first kappa shape index (κ1) is 14.6. The Morgan fingerprint density at radius 3 is 2.33 bits per heavy atom. The molecular weight excluding hydrogens is 298 g/mol. The lowest BCUT2D eigenvalue weighted by Gasteiger charge is -2.16. The Hall–Kier alpha value is -1.35. The van der Waals surface area contributed by atoms with Gasteiger partial charge in [0.25, 0.3) is 0 Å². The maximum atomic E-state index is 12.5. The van der Waals surface area contributed by atoms with E-state index < -0.39 is 22.2 Å². The number of aliphatic hydroxyl groups excluding tert-OH is 2. The Bertz CT molecular complexity index is 622. The van der Waals surface area contributed by atoms with Crippen LogP contribution in [0.15, 0.2) is 23.1 Å². The summed E-state index contributed by atoms with van der Waals surface area (Å²) in [4.78, 5) is 0.0630. The van der Waals surface area contributed by atoms with Crippen molar-refractivity contribution in [1.29, 1.82) is 0 Å². The average molecular weight is 315 g/mol. The molecule has 1 fully saturated rings. The number of hydrogen-bond donors (Lipinski definition) is 2. The standard InChI is InChI=1S/C13H17NO6S/c15-10-7-14(8-11(10)16)21(17,18)9-2-3-12-13(6-9)20-5-1-4-19-12/h2-3,6,10-11,15-16H,1,4-5,7-8H2. The molecule has 8 heteroatoms. The number of fused-ring (bicyclic) bond motifs is 1. The van der Waals surface area contributed by atoms with Crippen LogP contribution in [-0.2, 0) is 10.0 Å². The monoisotopic (exact) mass is 315 g/mol. The van der Waals surface area contributed by atoms with E-state index in [9.17, 15) is 18.6 Å². The molecule has 0 spiro atoms. The summed E-state index contributed by atoms with van der Waals surface area (Å²) in [6, 6.07) is 4.43. The molecule has 0 bridgehead atoms. The number of rotatable bonds is 2. The highest BCUT2D eigenvalue weighted by atomic mass is 32.2. The molecule has 2 aliphatic rings. The molecule has 2 heterocycles. The Morgan fingerprint density at radius 1 is 1.05 bits per heavy atom. The molecule has 1 aromatic carbocycles. The van der Waals surface area contributed by atoms with Crippen molar-refractivity contribution in [3.63, 3.8) is 0 Å². The molecule has 21 heavy (non-hydrogen) atoms. The summed E-state index contributed by atoms with van der Waals surface area (Å²) >= 11 is 0. The molecule has 2 aliphatic heterocycles. The lowest BCUT2D eigenvalue weighted by Crippen LogP contribution is -2.30. The predicted octanol–water partition coefficient (Wildman–Crippen LogP) is -0.426. The molecule has 0 amide bonds. The molecule has 2 unspecified atom stereocenters. The van der Waals surface area contributed by atoms with Gasteiger partial charge in [0.1, 0.15) is 0 Å². The summed E-state index contributed by atoms with van der Waals surface area (Å²) in [7, 11) is -3.77. The molecule has 0 aliphatic carbocycles. The lowest BCUT2D eigenvalue weighted by atomic mass is 10.3. The Kier molecular flexibility index (Phi) is 3.78. The zero-order valence-electron chi connectivity index (χ0n) is 11.3. The average Bonchev–Trinajstić information content (AvgIpc) is 2.67. The third-order valence-electron chi connectivity index (χ3n) is 3.58. The number of ether oxygens (including phenoxy) is 2. The van der Waals surface area contributed by atoms with Gasteiger partial charge in [0.15, 0.2) is 11.5 Å². The fourth-order valence-electron chi connectivity index (χ4n) is 2.38. The van der Waals surface area contributed by atoms with Gasteiger partial charge in [-0.05, 0) is 12.1 Å². The number of hydrogen-bond acceptors (Lipinski definition) is 6. The zero-order chi connectivity index (χ0) is 15.0. The van der Waals surface area contributed by atoms with Crippen molar-refractivity contribution < 1.29 is 28.1 Å². The van der Waals surface area contributed by atoms with E-state index in [0.29, 0.717) is 24.7 Å². The minimum absolute atomic E-state index is 0.0630. The van der Waals surface area contributed by atoms with Crippen LogP contribution in [0.4, 0.5) is 0 Å². The van der Waals surface area contributed by atoms with Crippen LogP contribution >= 0.6 is 0 Å². The molecular formula is C13H17NO6S. The molecule has 1 aromatic rings. The van der Waals surface area contributed by atoms with Crippen molar-refractivity contribution in [2.45, 2.75) is 23.5 Å². The summed E-state index contributed by atoms with van der Waals surface area (Å²) in [5.74, 6) is 0.918. The second kappa shape index (κ2) is 5.45. The van der Waals surface area contributed by atoms with E-state index in [2.05, 4.69) is 0 Å². The molecule has 0 aromatic heterocycles. The second-order valence-corrected chi connectivity index (χ2v) is 7.05. The van der Waals surface area contributed by atoms with Crippen molar-refractivity contribution in [3.05, 3.63) is 18.2 Å². The van der Waals surface area contributed by atoms with Gasteiger partial charge in [0, 0.05) is 25.6 Å². The maximum absolute atomic E-state index is 12.5. The Balaban J connectivity index is 1.91. The molecule has 3 rings (SSSR count). The largest absolute Gasteiger partial charge is 0.490 e. The molecule has 0 radical (unpaired) electrons. The van der Waals surface area contributed by atoms with Crippen LogP contribution in [0.5, 0.6) is 11.5 Å². The third-order valence-corrected chi connectivity index (χ3v) is 5.41. The van der Waals surface area contributed by atoms with Gasteiger partial charge < -0.3 is 19.7 Å². The van der Waals surface area contributed by atoms with Gasteiger partial charge in [-0.15, -0.1) is 0 Å². The Morgan fingerprint density at radius 2 is 1.67 bits per heavy atom. The smallest absolute Gasteiger partial charge is 0.243 e. The van der Waals surface area contributed by atoms with E-state index in [0.717, 1.165) is 10.7 Å². The second-order valence-electron chi connectivity index (χ2n) is 5.12. The maximum Gasteiger partial charge on any atom is 0.243 e. The molecule has 2 N–H and O–H groups in total. The fourth-order valence-corrected chi connectivity index (χ4v) is 3.88. The molecule has 7 nitrogen and oxygen atoms in total. The minimum Gasteiger partial charge on any atom is -0.490 e. The van der Waals surface area contributed by atoms with Crippen LogP contribution < -0.4 is 9.47 Å². The first-order valence-corrected chi connectivity index (χ1v) is 8.18. The third kappa shape index (κ3) is 2.71. The normalized spacial score (nSPS) is 26.6. The first-order valence-electron chi connectivity index (χ1n) is 6.74. The van der Waals surface area contributed by atoms with Gasteiger partial charge >= 0.3 is 0 Å². The van der Waals surface area contributed by atoms with E-state index in [-0.39, 0.29) is 18.0 Å². The highest BCUT2D eigenvalue weighted by Crippen LogP contribution is 2.33. The summed E-state index contributed by atoms with van der Waals surface area (Å²) in [5.41, 5.74) is 0. The molecule has 0 saturated carbocycles. The number of aliphatic hydroxyl groups is 2. The van der Waals surface area contributed by atoms with E-state index in [1.807, 2.05) is 0 Å². The van der Waals surface area contributed by atoms with Crippen LogP contribution in [0.2, 0.25) is 0 Å². The van der Waals surface area contributed by atoms with Gasteiger partial charge in [0.2, 0.25) is 10.0 Å². The van der Waals surface area contributed by atoms with Crippen LogP contribution in [-0.4, -0.2) is 61.4 Å². The van der Waals surface area contributed by atoms with Crippen molar-refractivity contribution in [2.24, 2.45) is 0 Å². The SMILES string of the molecule is O=S(=O)(c1ccc2c(c1)OCCCO2)N1CC(O)C(O)C1. The number of sulfonamides is 1. The molecule has 2 atom stereocenters. The minimum atomic E-state index is -3.77. The van der Waals surface area contributed by atoms with E-state index >= 15 is 0 Å². The predicted molar refractivity (Wildman–Crippen MR) is 72.8 cm³/mol. The highest BCUT2D eigenvalue weighted by Gasteiger charge is 2.37. The summed E-state index contributed by atoms with van der Waals surface area (Å²) in [6.45, 7) is 0.775. The molecule has 116 valence electrons. The topological polar surface area (TPSA) is 96.3 Å². The van der Waals surface area contributed by atoms with Crippen molar-refractivity contribution >= 4 is 10.0 Å². The van der Waals surface area contributed by atoms with Gasteiger partial charge in [-0.1, -0.05) is 0 Å². The van der Waals surface area contributed by atoms with E-state index in [4.69, 9.17) is 9.47 Å². The van der Waals surface area contributed by atoms with Gasteiger partial charge in [0.05, 0.1) is 30.3 Å². The summed E-state index contributed by atoms with van der Waals surface area (Å²) in [5, 5.41) is 19.0. The Labute approximate surface area is 122 Å². The fraction of sp³-hybridized carbons (Fsp3) is 0.538. The van der Waals surface area contributed by atoms with Gasteiger partial charge in [-0.2, -0.15) is 4.31 Å². The van der Waals surface area contributed by atoms with Gasteiger partial charge in [-0.25, -0.2) is 8.42 Å². The summed E-state index contributed by atoms with van der Waals surface area (Å²) in [6.07, 6.45) is -1.37. The van der Waals surface area contributed by atoms with Crippen molar-refractivity contribution in [2.75, 3.05) is 26.3 Å². The zero-order valence-corrected chi connectivity index (χ0v) is 12.1. The molecule has 1 saturated heterocycles. The van der Waals surface area contributed by atoms with Crippen LogP contribution in [0.3, 0.4) is 0 Å². The van der Waals surface area contributed by atoms with Crippen molar-refractivity contribution in [1.82, 2.24) is 4.31 Å². The first-order chi connectivity index (χ1) is 9.98. The van der Waals surface area contributed by atoms with Crippen LogP contribution in [0, 0.1) is 0 Å². The van der Waals surface area contributed by atoms with Crippen molar-refractivity contribution in [3.8, 4) is 11.5 Å². The number of nitrogens with zero attached hydrogens (tertiary/aromatic N) is 1. The lowest BCUT2D eigenvalue weighted by molar-refractivity contribution is 0.0572. The number of benzene rings is 1. The number of β-amino-alcohol motifs (C(OH)–C–C–N with tert-alkyl or cyclic N) is 2. The van der Waals surface area contributed by atoms with Crippen LogP contribution in [0.1, 0.15) is 6.42 Å². The quantitative estimate of drug-likeness (QED) is 0.769. The van der Waals surface area contributed by atoms with E-state index in [1.54, 1.807) is 6.07 Å².